The van der Waals surface area contributed by atoms with E-state index in [0.29, 0.717) is 11.0 Å². The first-order valence-electron chi connectivity index (χ1n) is 11.8. The van der Waals surface area contributed by atoms with E-state index in [0.717, 1.165) is 34.3 Å². The number of carbonyl (C=O) groups is 2. The molecule has 14 heteroatoms. The molecular formula is C26H22F3N5O5S. The molecular weight excluding hydrogens is 551 g/mol. The Balaban J connectivity index is 2.01. The summed E-state index contributed by atoms with van der Waals surface area (Å²) in [6.45, 7) is 1.18. The van der Waals surface area contributed by atoms with Gasteiger partial charge in [0.1, 0.15) is 6.04 Å². The van der Waals surface area contributed by atoms with E-state index in [9.17, 15) is 46.8 Å². The first kappa shape index (κ1) is 28.6. The number of alkyl halides is 3. The number of allylic oxidation sites excluding steroid dienone is 1. The van der Waals surface area contributed by atoms with Crippen molar-refractivity contribution < 1.29 is 36.3 Å². The number of benzene rings is 2. The Hall–Kier alpha value is -4.40. The fourth-order valence-electron chi connectivity index (χ4n) is 4.78. The lowest BCUT2D eigenvalue weighted by atomic mass is 9.93. The molecule has 0 saturated carbocycles. The highest BCUT2D eigenvalue weighted by Crippen LogP contribution is 2.43. The molecule has 0 radical (unpaired) electrons. The van der Waals surface area contributed by atoms with E-state index in [1.54, 1.807) is 0 Å². The van der Waals surface area contributed by atoms with Gasteiger partial charge in [0.2, 0.25) is 0 Å². The van der Waals surface area contributed by atoms with Gasteiger partial charge in [-0.1, -0.05) is 12.1 Å². The van der Waals surface area contributed by atoms with Gasteiger partial charge in [0, 0.05) is 25.0 Å². The van der Waals surface area contributed by atoms with Crippen molar-refractivity contribution in [2.24, 2.45) is 0 Å². The van der Waals surface area contributed by atoms with Gasteiger partial charge in [-0.2, -0.15) is 23.7 Å². The molecule has 4 rings (SSSR count). The number of carbonyl (C=O) groups excluding carboxylic acids is 2. The number of nitrogens with zero attached hydrogens (tertiary/aromatic N) is 5. The predicted molar refractivity (Wildman–Crippen MR) is 134 cm³/mol. The summed E-state index contributed by atoms with van der Waals surface area (Å²) >= 11 is 0. The number of amides is 4. The van der Waals surface area contributed by atoms with E-state index < -0.39 is 50.7 Å². The van der Waals surface area contributed by atoms with Gasteiger partial charge in [0.15, 0.2) is 9.84 Å². The van der Waals surface area contributed by atoms with E-state index in [4.69, 9.17) is 0 Å². The number of nitriles is 2. The lowest BCUT2D eigenvalue weighted by Crippen LogP contribution is -2.55. The minimum atomic E-state index is -4.75. The molecule has 0 aliphatic carbocycles. The molecule has 2 heterocycles. The van der Waals surface area contributed by atoms with Crippen LogP contribution in [0.15, 0.2) is 58.6 Å². The normalized spacial score (nSPS) is 20.0. The van der Waals surface area contributed by atoms with E-state index in [2.05, 4.69) is 0 Å². The number of hydrogen-bond donors (Lipinski definition) is 1. The van der Waals surface area contributed by atoms with Crippen LogP contribution in [0.5, 0.6) is 0 Å². The van der Waals surface area contributed by atoms with Crippen LogP contribution in [-0.2, 0) is 16.0 Å². The summed E-state index contributed by atoms with van der Waals surface area (Å²) in [7, 11) is -4.07. The van der Waals surface area contributed by atoms with Crippen molar-refractivity contribution in [1.82, 2.24) is 9.80 Å². The van der Waals surface area contributed by atoms with Gasteiger partial charge < -0.3 is 10.0 Å². The lowest BCUT2D eigenvalue weighted by molar-refractivity contribution is -0.137. The fraction of sp³-hybridized carbons (Fsp3) is 0.308. The SMILES string of the molecule is CC1=C(C#N)C(c2ccc(C#N)cc2S(C)(=O)=O)N(C(=O)N2CCC(O)C2)C(=O)N1c1cccc(C(F)(F)F)c1. The van der Waals surface area contributed by atoms with Crippen molar-refractivity contribution in [1.29, 1.82) is 10.5 Å². The minimum absolute atomic E-state index is 0.0309. The molecule has 2 aromatic carbocycles. The molecule has 0 spiro atoms. The monoisotopic (exact) mass is 573 g/mol. The largest absolute Gasteiger partial charge is 0.416 e. The van der Waals surface area contributed by atoms with Crippen molar-refractivity contribution in [3.05, 3.63) is 70.4 Å². The summed E-state index contributed by atoms with van der Waals surface area (Å²) in [5.74, 6) is 0. The highest BCUT2D eigenvalue weighted by atomic mass is 32.2. The Morgan fingerprint density at radius 2 is 1.82 bits per heavy atom. The van der Waals surface area contributed by atoms with Crippen LogP contribution in [0, 0.1) is 22.7 Å². The molecule has 2 unspecified atom stereocenters. The standard InChI is InChI=1S/C26H22F3N5O5S/c1-15-21(13-31)23(20-7-6-16(12-30)10-22(20)40(2,38)39)34(24(36)32-9-8-19(35)14-32)25(37)33(15)18-5-3-4-17(11-18)26(27,28)29/h3-7,10-11,19,23,35H,8-9,14H2,1-2H3. The summed E-state index contributed by atoms with van der Waals surface area (Å²) in [6.07, 6.45) is -4.59. The predicted octanol–water partition coefficient (Wildman–Crippen LogP) is 3.95. The number of imide groups is 1. The van der Waals surface area contributed by atoms with E-state index >= 15 is 0 Å². The maximum Gasteiger partial charge on any atom is 0.416 e. The Morgan fingerprint density at radius 1 is 1.12 bits per heavy atom. The number of β-amino-alcohol motifs (C(OH)–C–C–N with tert-alkyl or cyclic N) is 1. The molecule has 2 aliphatic heterocycles. The van der Waals surface area contributed by atoms with Crippen LogP contribution < -0.4 is 4.90 Å². The molecule has 2 aliphatic rings. The maximum atomic E-state index is 14.0. The molecule has 0 bridgehead atoms. The summed E-state index contributed by atoms with van der Waals surface area (Å²) in [5.41, 5.74) is -1.92. The van der Waals surface area contributed by atoms with Gasteiger partial charge >= 0.3 is 18.2 Å². The minimum Gasteiger partial charge on any atom is -0.391 e. The molecule has 2 atom stereocenters. The number of aliphatic hydroxyl groups is 1. The van der Waals surface area contributed by atoms with Gasteiger partial charge in [0.25, 0.3) is 0 Å². The molecule has 2 aromatic rings. The summed E-state index contributed by atoms with van der Waals surface area (Å²) < 4.78 is 65.9. The molecule has 10 nitrogen and oxygen atoms in total. The Kier molecular flexibility index (Phi) is 7.36. The van der Waals surface area contributed by atoms with Crippen LogP contribution in [0.3, 0.4) is 0 Å². The fourth-order valence-corrected chi connectivity index (χ4v) is 5.73. The number of urea groups is 2. The first-order valence-corrected chi connectivity index (χ1v) is 13.7. The zero-order valence-corrected chi connectivity index (χ0v) is 22.0. The summed E-state index contributed by atoms with van der Waals surface area (Å²) in [5, 5.41) is 29.5. The smallest absolute Gasteiger partial charge is 0.391 e. The van der Waals surface area contributed by atoms with Crippen molar-refractivity contribution in [3.63, 3.8) is 0 Å². The third-order valence-corrected chi connectivity index (χ3v) is 7.84. The third-order valence-electron chi connectivity index (χ3n) is 6.68. The van der Waals surface area contributed by atoms with E-state index in [1.807, 2.05) is 12.1 Å². The number of hydrogen-bond acceptors (Lipinski definition) is 7. The number of aliphatic hydroxyl groups excluding tert-OH is 1. The van der Waals surface area contributed by atoms with Crippen LogP contribution in [0.2, 0.25) is 0 Å². The van der Waals surface area contributed by atoms with Crippen LogP contribution in [0.4, 0.5) is 28.4 Å². The van der Waals surface area contributed by atoms with Gasteiger partial charge in [-0.3, -0.25) is 4.90 Å². The van der Waals surface area contributed by atoms with Crippen LogP contribution >= 0.6 is 0 Å². The number of likely N-dealkylation sites (tertiary alicyclic amines) is 1. The van der Waals surface area contributed by atoms with Crippen LogP contribution in [0.25, 0.3) is 0 Å². The van der Waals surface area contributed by atoms with Gasteiger partial charge in [-0.05, 0) is 49.2 Å². The van der Waals surface area contributed by atoms with Crippen molar-refractivity contribution in [3.8, 4) is 12.1 Å². The summed E-state index contributed by atoms with van der Waals surface area (Å²) in [6, 6.07) is 7.33. The average Bonchev–Trinajstić information content (AvgIpc) is 3.33. The second-order valence-electron chi connectivity index (χ2n) is 9.36. The van der Waals surface area contributed by atoms with Gasteiger partial charge in [-0.25, -0.2) is 22.9 Å². The first-order chi connectivity index (χ1) is 18.7. The molecule has 4 amide bonds. The third kappa shape index (κ3) is 5.11. The second kappa shape index (κ2) is 10.3. The molecule has 40 heavy (non-hydrogen) atoms. The quantitative estimate of drug-likeness (QED) is 0.585. The van der Waals surface area contributed by atoms with E-state index in [-0.39, 0.29) is 47.6 Å². The molecule has 1 saturated heterocycles. The Bertz CT molecular complexity index is 1620. The Morgan fingerprint density at radius 3 is 2.38 bits per heavy atom. The Labute approximate surface area is 227 Å². The van der Waals surface area contributed by atoms with Crippen LogP contribution in [0.1, 0.15) is 36.1 Å². The zero-order valence-electron chi connectivity index (χ0n) is 21.2. The van der Waals surface area contributed by atoms with Crippen molar-refractivity contribution >= 4 is 27.6 Å². The average molecular weight is 574 g/mol. The summed E-state index contributed by atoms with van der Waals surface area (Å²) in [4.78, 5) is 29.9. The highest BCUT2D eigenvalue weighted by Gasteiger charge is 2.47. The number of halogens is 3. The van der Waals surface area contributed by atoms with Gasteiger partial charge in [-0.15, -0.1) is 0 Å². The molecule has 1 N–H and O–H groups in total. The number of anilines is 1. The van der Waals surface area contributed by atoms with Gasteiger partial charge in [0.05, 0.1) is 45.5 Å². The molecule has 1 fully saturated rings. The maximum absolute atomic E-state index is 14.0. The second-order valence-corrected chi connectivity index (χ2v) is 11.3. The molecule has 0 aromatic heterocycles. The molecule has 208 valence electrons. The van der Waals surface area contributed by atoms with E-state index in [1.165, 1.54) is 25.1 Å². The van der Waals surface area contributed by atoms with Crippen LogP contribution in [-0.4, -0.2) is 60.8 Å². The van der Waals surface area contributed by atoms with Crippen molar-refractivity contribution in [2.75, 3.05) is 24.2 Å². The lowest BCUT2D eigenvalue weighted by Gasteiger charge is -2.42. The van der Waals surface area contributed by atoms with Crippen molar-refractivity contribution in [2.45, 2.75) is 36.6 Å². The highest BCUT2D eigenvalue weighted by molar-refractivity contribution is 7.90. The number of rotatable bonds is 3. The zero-order chi connectivity index (χ0) is 29.6. The topological polar surface area (TPSA) is 146 Å². The number of sulfone groups is 1.